The van der Waals surface area contributed by atoms with E-state index < -0.39 is 10.0 Å². The molecule has 0 radical (unpaired) electrons. The maximum absolute atomic E-state index is 13.6. The highest BCUT2D eigenvalue weighted by molar-refractivity contribution is 7.92. The number of carbonyl (C=O) groups excluding carboxylic acids is 1. The Balaban J connectivity index is 1.51. The molecule has 0 spiro atoms. The smallest absolute Gasteiger partial charge is 0.277 e. The fourth-order valence-electron chi connectivity index (χ4n) is 3.74. The van der Waals surface area contributed by atoms with E-state index in [9.17, 15) is 13.2 Å². The van der Waals surface area contributed by atoms with E-state index in [2.05, 4.69) is 14.7 Å². The molecule has 1 amide bonds. The highest BCUT2D eigenvalue weighted by Gasteiger charge is 2.25. The van der Waals surface area contributed by atoms with E-state index in [1.54, 1.807) is 96.6 Å². The van der Waals surface area contributed by atoms with Crippen molar-refractivity contribution in [3.8, 4) is 11.3 Å². The van der Waals surface area contributed by atoms with Crippen molar-refractivity contribution >= 4 is 44.7 Å². The largest absolute Gasteiger partial charge is 0.310 e. The van der Waals surface area contributed by atoms with Crippen molar-refractivity contribution in [2.45, 2.75) is 4.90 Å². The summed E-state index contributed by atoms with van der Waals surface area (Å²) in [6, 6.07) is 23.5. The van der Waals surface area contributed by atoms with Gasteiger partial charge in [0.15, 0.2) is 0 Å². The van der Waals surface area contributed by atoms with Gasteiger partial charge >= 0.3 is 0 Å². The molecule has 0 aliphatic rings. The maximum Gasteiger partial charge on any atom is 0.277 e. The van der Waals surface area contributed by atoms with E-state index in [0.29, 0.717) is 39.1 Å². The standard InChI is InChI=1S/C26H20ClN5O3S/c1-31(21-14-10-19(27)11-15-21)25(33)24-23(29-26-28-16-5-17-32(24)26)18-8-12-20(13-9-18)30-36(34,35)22-6-3-2-4-7-22/h2-17,30H,1H3. The number of nitrogens with one attached hydrogen (secondary N) is 1. The number of rotatable bonds is 6. The van der Waals surface area contributed by atoms with Gasteiger partial charge in [-0.25, -0.2) is 18.4 Å². The zero-order chi connectivity index (χ0) is 25.3. The first-order valence-corrected chi connectivity index (χ1v) is 12.7. The molecule has 8 nitrogen and oxygen atoms in total. The third kappa shape index (κ3) is 4.53. The Morgan fingerprint density at radius 1 is 0.944 bits per heavy atom. The van der Waals surface area contributed by atoms with E-state index in [1.807, 2.05) is 0 Å². The van der Waals surface area contributed by atoms with Gasteiger partial charge in [0.25, 0.3) is 15.9 Å². The van der Waals surface area contributed by atoms with Gasteiger partial charge in [0.1, 0.15) is 11.4 Å². The van der Waals surface area contributed by atoms with Crippen LogP contribution in [0.15, 0.2) is 102 Å². The first-order valence-electron chi connectivity index (χ1n) is 10.9. The molecular weight excluding hydrogens is 498 g/mol. The van der Waals surface area contributed by atoms with Crippen molar-refractivity contribution < 1.29 is 13.2 Å². The summed E-state index contributed by atoms with van der Waals surface area (Å²) in [5, 5.41) is 0.572. The van der Waals surface area contributed by atoms with Crippen molar-refractivity contribution in [3.05, 3.63) is 108 Å². The summed E-state index contributed by atoms with van der Waals surface area (Å²) >= 11 is 6.00. The number of nitrogens with zero attached hydrogens (tertiary/aromatic N) is 4. The van der Waals surface area contributed by atoms with Crippen LogP contribution in [0, 0.1) is 0 Å². The summed E-state index contributed by atoms with van der Waals surface area (Å²) in [7, 11) is -2.05. The van der Waals surface area contributed by atoms with Crippen LogP contribution in [-0.4, -0.2) is 35.7 Å². The molecule has 3 aromatic carbocycles. The van der Waals surface area contributed by atoms with Gasteiger partial charge in [-0.15, -0.1) is 0 Å². The second kappa shape index (κ2) is 9.44. The first kappa shape index (κ1) is 23.5. The maximum atomic E-state index is 13.6. The summed E-state index contributed by atoms with van der Waals surface area (Å²) in [6.45, 7) is 0. The average Bonchev–Trinajstić information content (AvgIpc) is 3.28. The Kier molecular flexibility index (Phi) is 6.17. The molecule has 5 aromatic rings. The lowest BCUT2D eigenvalue weighted by Crippen LogP contribution is -2.28. The molecule has 0 saturated carbocycles. The molecule has 0 atom stereocenters. The molecular formula is C26H20ClN5O3S. The molecule has 10 heteroatoms. The number of sulfonamides is 1. The van der Waals surface area contributed by atoms with Crippen molar-refractivity contribution in [2.75, 3.05) is 16.7 Å². The lowest BCUT2D eigenvalue weighted by Gasteiger charge is -2.18. The minimum atomic E-state index is -3.73. The molecule has 36 heavy (non-hydrogen) atoms. The van der Waals surface area contributed by atoms with Gasteiger partial charge in [0.05, 0.1) is 4.90 Å². The van der Waals surface area contributed by atoms with Gasteiger partial charge in [-0.1, -0.05) is 41.9 Å². The van der Waals surface area contributed by atoms with E-state index in [1.165, 1.54) is 17.0 Å². The van der Waals surface area contributed by atoms with E-state index in [0.717, 1.165) is 0 Å². The fourth-order valence-corrected chi connectivity index (χ4v) is 4.95. The Morgan fingerprint density at radius 3 is 2.33 bits per heavy atom. The Morgan fingerprint density at radius 2 is 1.64 bits per heavy atom. The third-order valence-electron chi connectivity index (χ3n) is 5.59. The molecule has 180 valence electrons. The SMILES string of the molecule is CN(C(=O)c1c(-c2ccc(NS(=O)(=O)c3ccccc3)cc2)nc2ncccn12)c1ccc(Cl)cc1. The van der Waals surface area contributed by atoms with Crippen molar-refractivity contribution in [2.24, 2.45) is 0 Å². The summed E-state index contributed by atoms with van der Waals surface area (Å²) < 4.78 is 29.5. The van der Waals surface area contributed by atoms with Crippen LogP contribution in [0.3, 0.4) is 0 Å². The number of halogens is 1. The number of benzene rings is 3. The van der Waals surface area contributed by atoms with Gasteiger partial charge in [-0.2, -0.15) is 0 Å². The molecule has 0 fully saturated rings. The molecule has 0 aliphatic carbocycles. The summed E-state index contributed by atoms with van der Waals surface area (Å²) in [5.41, 5.74) is 2.44. The first-order chi connectivity index (χ1) is 17.3. The second-order valence-electron chi connectivity index (χ2n) is 7.94. The van der Waals surface area contributed by atoms with E-state index in [4.69, 9.17) is 11.6 Å². The number of imidazole rings is 1. The predicted octanol–water partition coefficient (Wildman–Crippen LogP) is 5.13. The van der Waals surface area contributed by atoms with Crippen LogP contribution >= 0.6 is 11.6 Å². The van der Waals surface area contributed by atoms with Crippen molar-refractivity contribution in [3.63, 3.8) is 0 Å². The van der Waals surface area contributed by atoms with Gasteiger partial charge in [0, 0.05) is 41.4 Å². The van der Waals surface area contributed by atoms with Crippen molar-refractivity contribution in [1.82, 2.24) is 14.4 Å². The molecule has 0 unspecified atom stereocenters. The molecule has 1 N–H and O–H groups in total. The highest BCUT2D eigenvalue weighted by atomic mass is 35.5. The molecule has 0 aliphatic heterocycles. The van der Waals surface area contributed by atoms with Gasteiger partial charge in [0.2, 0.25) is 5.78 Å². The number of hydrogen-bond acceptors (Lipinski definition) is 5. The van der Waals surface area contributed by atoms with Crippen LogP contribution in [-0.2, 0) is 10.0 Å². The lowest BCUT2D eigenvalue weighted by molar-refractivity contribution is 0.0988. The number of fused-ring (bicyclic) bond motifs is 1. The molecule has 0 saturated heterocycles. The number of aromatic nitrogens is 3. The summed E-state index contributed by atoms with van der Waals surface area (Å²) in [6.07, 6.45) is 3.33. The Bertz CT molecular complexity index is 1650. The van der Waals surface area contributed by atoms with Gasteiger partial charge in [-0.3, -0.25) is 13.9 Å². The Labute approximate surface area is 212 Å². The number of hydrogen-bond donors (Lipinski definition) is 1. The molecule has 2 aromatic heterocycles. The second-order valence-corrected chi connectivity index (χ2v) is 10.1. The topological polar surface area (TPSA) is 96.7 Å². The van der Waals surface area contributed by atoms with E-state index >= 15 is 0 Å². The number of carbonyl (C=O) groups is 1. The van der Waals surface area contributed by atoms with Gasteiger partial charge < -0.3 is 4.90 Å². The summed E-state index contributed by atoms with van der Waals surface area (Å²) in [4.78, 5) is 24.2. The molecule has 0 bridgehead atoms. The zero-order valence-electron chi connectivity index (χ0n) is 19.0. The minimum Gasteiger partial charge on any atom is -0.310 e. The average molecular weight is 518 g/mol. The van der Waals surface area contributed by atoms with Crippen LogP contribution in [0.25, 0.3) is 17.0 Å². The van der Waals surface area contributed by atoms with Crippen LogP contribution in [0.2, 0.25) is 5.02 Å². The number of anilines is 2. The summed E-state index contributed by atoms with van der Waals surface area (Å²) in [5.74, 6) is 0.0795. The quantitative estimate of drug-likeness (QED) is 0.337. The monoisotopic (exact) mass is 517 g/mol. The van der Waals surface area contributed by atoms with Crippen LogP contribution < -0.4 is 9.62 Å². The fraction of sp³-hybridized carbons (Fsp3) is 0.0385. The highest BCUT2D eigenvalue weighted by Crippen LogP contribution is 2.28. The Hall–Kier alpha value is -4.21. The normalized spacial score (nSPS) is 11.4. The number of amides is 1. The van der Waals surface area contributed by atoms with Crippen LogP contribution in [0.1, 0.15) is 10.5 Å². The van der Waals surface area contributed by atoms with Crippen LogP contribution in [0.4, 0.5) is 11.4 Å². The lowest BCUT2D eigenvalue weighted by atomic mass is 10.1. The van der Waals surface area contributed by atoms with Crippen molar-refractivity contribution in [1.29, 1.82) is 0 Å². The van der Waals surface area contributed by atoms with Gasteiger partial charge in [-0.05, 0) is 54.6 Å². The minimum absolute atomic E-state index is 0.165. The molecule has 5 rings (SSSR count). The predicted molar refractivity (Wildman–Crippen MR) is 140 cm³/mol. The van der Waals surface area contributed by atoms with Crippen LogP contribution in [0.5, 0.6) is 0 Å². The third-order valence-corrected chi connectivity index (χ3v) is 7.24. The zero-order valence-corrected chi connectivity index (χ0v) is 20.6. The van der Waals surface area contributed by atoms with E-state index in [-0.39, 0.29) is 10.8 Å². The molecule has 2 heterocycles.